The Labute approximate surface area is 129 Å². The summed E-state index contributed by atoms with van der Waals surface area (Å²) in [5.74, 6) is -0.0342. The summed E-state index contributed by atoms with van der Waals surface area (Å²) in [6.07, 6.45) is 2.95. The summed E-state index contributed by atoms with van der Waals surface area (Å²) in [6.45, 7) is 2.59. The van der Waals surface area contributed by atoms with Gasteiger partial charge in [-0.2, -0.15) is 11.8 Å². The summed E-state index contributed by atoms with van der Waals surface area (Å²) in [6, 6.07) is 0. The van der Waals surface area contributed by atoms with Crippen molar-refractivity contribution in [1.82, 2.24) is 5.32 Å². The number of carboxylic acids is 1. The molecule has 1 saturated carbocycles. The van der Waals surface area contributed by atoms with Crippen molar-refractivity contribution in [2.24, 2.45) is 5.41 Å². The van der Waals surface area contributed by atoms with Crippen molar-refractivity contribution >= 4 is 29.6 Å². The molecule has 120 valence electrons. The normalized spacial score (nSPS) is 15.3. The van der Waals surface area contributed by atoms with E-state index in [1.54, 1.807) is 6.92 Å². The van der Waals surface area contributed by atoms with Gasteiger partial charge in [-0.05, 0) is 37.4 Å². The molecule has 0 aliphatic heterocycles. The average molecular weight is 317 g/mol. The van der Waals surface area contributed by atoms with Gasteiger partial charge in [0.25, 0.3) is 0 Å². The van der Waals surface area contributed by atoms with E-state index >= 15 is 0 Å². The molecule has 6 nitrogen and oxygen atoms in total. The van der Waals surface area contributed by atoms with Crippen molar-refractivity contribution in [1.29, 1.82) is 0 Å². The Morgan fingerprint density at radius 3 is 2.62 bits per heavy atom. The van der Waals surface area contributed by atoms with Gasteiger partial charge in [-0.15, -0.1) is 0 Å². The minimum Gasteiger partial charge on any atom is -0.481 e. The minimum atomic E-state index is -0.767. The van der Waals surface area contributed by atoms with E-state index in [1.807, 2.05) is 0 Å². The highest BCUT2D eigenvalue weighted by Crippen LogP contribution is 2.50. The van der Waals surface area contributed by atoms with Crippen LogP contribution in [-0.2, 0) is 19.1 Å². The third kappa shape index (κ3) is 7.94. The van der Waals surface area contributed by atoms with Gasteiger partial charge in [0, 0.05) is 13.0 Å². The molecule has 0 spiro atoms. The number of carboxylic acid groups (broad SMARTS) is 1. The third-order valence-electron chi connectivity index (χ3n) is 3.31. The van der Waals surface area contributed by atoms with Crippen LogP contribution in [0.3, 0.4) is 0 Å². The van der Waals surface area contributed by atoms with E-state index in [4.69, 9.17) is 9.84 Å². The van der Waals surface area contributed by atoms with Gasteiger partial charge in [0.2, 0.25) is 5.91 Å². The number of rotatable bonds is 11. The van der Waals surface area contributed by atoms with Crippen LogP contribution < -0.4 is 5.32 Å². The Hall–Kier alpha value is -1.24. The maximum atomic E-state index is 11.6. The molecule has 0 heterocycles. The number of hydrogen-bond acceptors (Lipinski definition) is 5. The fourth-order valence-electron chi connectivity index (χ4n) is 1.97. The van der Waals surface area contributed by atoms with Gasteiger partial charge in [-0.3, -0.25) is 14.4 Å². The molecule has 1 fully saturated rings. The molecule has 0 atom stereocenters. The van der Waals surface area contributed by atoms with Gasteiger partial charge in [0.15, 0.2) is 0 Å². The number of esters is 1. The quantitative estimate of drug-likeness (QED) is 0.442. The second kappa shape index (κ2) is 8.92. The number of thioether (sulfide) groups is 1. The summed E-state index contributed by atoms with van der Waals surface area (Å²) >= 11 is 1.48. The van der Waals surface area contributed by atoms with Crippen molar-refractivity contribution in [3.63, 3.8) is 0 Å². The van der Waals surface area contributed by atoms with E-state index in [-0.39, 0.29) is 23.7 Å². The Morgan fingerprint density at radius 1 is 1.33 bits per heavy atom. The largest absolute Gasteiger partial charge is 0.481 e. The molecule has 1 rings (SSSR count). The van der Waals surface area contributed by atoms with Crippen molar-refractivity contribution < 1.29 is 24.2 Å². The van der Waals surface area contributed by atoms with Crippen LogP contribution in [0.15, 0.2) is 0 Å². The van der Waals surface area contributed by atoms with Gasteiger partial charge >= 0.3 is 11.9 Å². The van der Waals surface area contributed by atoms with Crippen molar-refractivity contribution in [2.45, 2.75) is 39.0 Å². The molecule has 0 saturated heterocycles. The maximum Gasteiger partial charge on any atom is 0.305 e. The molecule has 1 amide bonds. The SMILES string of the molecule is CCOC(=O)CCCNC(=O)CSCC1(CC(=O)O)CC1. The predicted octanol–water partition coefficient (Wildman–Crippen LogP) is 1.43. The molecule has 21 heavy (non-hydrogen) atoms. The Bertz CT molecular complexity index is 382. The van der Waals surface area contributed by atoms with Crippen LogP contribution in [0, 0.1) is 5.41 Å². The monoisotopic (exact) mass is 317 g/mol. The lowest BCUT2D eigenvalue weighted by Crippen LogP contribution is -2.27. The van der Waals surface area contributed by atoms with Crippen LogP contribution in [0.4, 0.5) is 0 Å². The van der Waals surface area contributed by atoms with Gasteiger partial charge in [0.05, 0.1) is 18.8 Å². The van der Waals surface area contributed by atoms with Gasteiger partial charge in [-0.25, -0.2) is 0 Å². The summed E-state index contributed by atoms with van der Waals surface area (Å²) in [7, 11) is 0. The lowest BCUT2D eigenvalue weighted by Gasteiger charge is -2.11. The second-order valence-electron chi connectivity index (χ2n) is 5.32. The van der Waals surface area contributed by atoms with Crippen LogP contribution in [0.5, 0.6) is 0 Å². The number of ether oxygens (including phenoxy) is 1. The molecule has 0 aromatic rings. The maximum absolute atomic E-state index is 11.6. The number of carbonyl (C=O) groups is 3. The topological polar surface area (TPSA) is 92.7 Å². The summed E-state index contributed by atoms with van der Waals surface area (Å²) in [5, 5.41) is 11.5. The molecule has 1 aliphatic carbocycles. The first-order chi connectivity index (χ1) is 9.97. The molecule has 0 unspecified atom stereocenters. The molecule has 1 aliphatic rings. The highest BCUT2D eigenvalue weighted by atomic mass is 32.2. The lowest BCUT2D eigenvalue weighted by atomic mass is 10.1. The van der Waals surface area contributed by atoms with Crippen LogP contribution in [0.1, 0.15) is 39.0 Å². The summed E-state index contributed by atoms with van der Waals surface area (Å²) in [5.41, 5.74) is -0.0826. The van der Waals surface area contributed by atoms with Crippen LogP contribution in [0.25, 0.3) is 0 Å². The van der Waals surface area contributed by atoms with Crippen LogP contribution >= 0.6 is 11.8 Å². The second-order valence-corrected chi connectivity index (χ2v) is 6.31. The Balaban J connectivity index is 2.02. The van der Waals surface area contributed by atoms with Gasteiger partial charge in [-0.1, -0.05) is 0 Å². The number of hydrogen-bond donors (Lipinski definition) is 2. The van der Waals surface area contributed by atoms with Gasteiger partial charge in [0.1, 0.15) is 0 Å². The Morgan fingerprint density at radius 2 is 2.05 bits per heavy atom. The molecular weight excluding hydrogens is 294 g/mol. The molecule has 2 N–H and O–H groups in total. The molecule has 0 aromatic carbocycles. The molecule has 0 bridgehead atoms. The number of amides is 1. The van der Waals surface area contributed by atoms with E-state index < -0.39 is 5.97 Å². The van der Waals surface area contributed by atoms with Gasteiger partial charge < -0.3 is 15.2 Å². The average Bonchev–Trinajstić information content (AvgIpc) is 3.14. The van der Waals surface area contributed by atoms with Crippen LogP contribution in [-0.4, -0.2) is 47.6 Å². The first-order valence-corrected chi connectivity index (χ1v) is 8.35. The fraction of sp³-hybridized carbons (Fsp3) is 0.786. The first kappa shape index (κ1) is 17.8. The number of nitrogens with one attached hydrogen (secondary N) is 1. The summed E-state index contributed by atoms with van der Waals surface area (Å²) in [4.78, 5) is 33.4. The zero-order chi connectivity index (χ0) is 15.7. The highest BCUT2D eigenvalue weighted by Gasteiger charge is 2.44. The fourth-order valence-corrected chi connectivity index (χ4v) is 3.19. The molecule has 0 radical (unpaired) electrons. The standard InChI is InChI=1S/C14H23NO5S/c1-2-20-13(19)4-3-7-15-11(16)9-21-10-14(5-6-14)8-12(17)18/h2-10H2,1H3,(H,15,16)(H,17,18). The number of aliphatic carboxylic acids is 1. The number of carbonyl (C=O) groups excluding carboxylic acids is 2. The predicted molar refractivity (Wildman–Crippen MR) is 80.1 cm³/mol. The molecule has 0 aromatic heterocycles. The smallest absolute Gasteiger partial charge is 0.305 e. The highest BCUT2D eigenvalue weighted by molar-refractivity contribution is 7.99. The zero-order valence-corrected chi connectivity index (χ0v) is 13.2. The van der Waals surface area contributed by atoms with E-state index in [9.17, 15) is 14.4 Å². The molecule has 7 heteroatoms. The van der Waals surface area contributed by atoms with Crippen molar-refractivity contribution in [3.05, 3.63) is 0 Å². The van der Waals surface area contributed by atoms with E-state index in [2.05, 4.69) is 5.32 Å². The molecular formula is C14H23NO5S. The van der Waals surface area contributed by atoms with Crippen molar-refractivity contribution in [2.75, 3.05) is 24.7 Å². The van der Waals surface area contributed by atoms with E-state index in [0.29, 0.717) is 31.7 Å². The van der Waals surface area contributed by atoms with Crippen molar-refractivity contribution in [3.8, 4) is 0 Å². The van der Waals surface area contributed by atoms with E-state index in [0.717, 1.165) is 18.6 Å². The first-order valence-electron chi connectivity index (χ1n) is 7.19. The summed E-state index contributed by atoms with van der Waals surface area (Å²) < 4.78 is 4.79. The van der Waals surface area contributed by atoms with Crippen LogP contribution in [0.2, 0.25) is 0 Å². The Kier molecular flexibility index (Phi) is 7.56. The zero-order valence-electron chi connectivity index (χ0n) is 12.4. The van der Waals surface area contributed by atoms with E-state index in [1.165, 1.54) is 11.8 Å². The third-order valence-corrected chi connectivity index (χ3v) is 4.59. The minimum absolute atomic E-state index is 0.0741. The lowest BCUT2D eigenvalue weighted by molar-refractivity contribution is -0.143.